The van der Waals surface area contributed by atoms with Crippen molar-refractivity contribution < 1.29 is 9.53 Å². The average molecular weight is 330 g/mol. The highest BCUT2D eigenvalue weighted by Crippen LogP contribution is 2.35. The van der Waals surface area contributed by atoms with E-state index in [4.69, 9.17) is 4.74 Å². The summed E-state index contributed by atoms with van der Waals surface area (Å²) in [5, 5.41) is 0. The zero-order valence-corrected chi connectivity index (χ0v) is 14.8. The number of hydrogen-bond acceptors (Lipinski definition) is 3. The summed E-state index contributed by atoms with van der Waals surface area (Å²) in [5.74, 6) is 1.94. The van der Waals surface area contributed by atoms with Crippen molar-refractivity contribution in [3.63, 3.8) is 0 Å². The first kappa shape index (κ1) is 17.3. The molecule has 0 radical (unpaired) electrons. The van der Waals surface area contributed by atoms with E-state index in [-0.39, 0.29) is 0 Å². The standard InChI is InChI=1S/C20H30N2O2/c1-21(14-15-24-18-10-3-2-4-11-18)16-20(23)22-13-7-9-17-8-5-6-12-19(17)22/h2-4,10-11,17,19H,5-9,12-16H2,1H3. The van der Waals surface area contributed by atoms with Gasteiger partial charge in [0.05, 0.1) is 6.54 Å². The zero-order valence-electron chi connectivity index (χ0n) is 14.8. The van der Waals surface area contributed by atoms with Crippen molar-refractivity contribution in [2.45, 2.75) is 44.6 Å². The highest BCUT2D eigenvalue weighted by atomic mass is 16.5. The Bertz CT molecular complexity index is 518. The number of fused-ring (bicyclic) bond motifs is 1. The summed E-state index contributed by atoms with van der Waals surface area (Å²) in [5.41, 5.74) is 0. The molecule has 2 atom stereocenters. The van der Waals surface area contributed by atoms with Gasteiger partial charge in [0.2, 0.25) is 5.91 Å². The van der Waals surface area contributed by atoms with Gasteiger partial charge in [-0.05, 0) is 50.8 Å². The molecule has 0 bridgehead atoms. The van der Waals surface area contributed by atoms with Crippen LogP contribution in [0.4, 0.5) is 0 Å². The van der Waals surface area contributed by atoms with Gasteiger partial charge >= 0.3 is 0 Å². The molecule has 1 aromatic rings. The number of amides is 1. The maximum Gasteiger partial charge on any atom is 0.236 e. The molecule has 2 unspecified atom stereocenters. The molecule has 3 rings (SSSR count). The van der Waals surface area contributed by atoms with Crippen LogP contribution in [0.5, 0.6) is 5.75 Å². The smallest absolute Gasteiger partial charge is 0.236 e. The Labute approximate surface area is 145 Å². The molecular weight excluding hydrogens is 300 g/mol. The van der Waals surface area contributed by atoms with Gasteiger partial charge in [-0.3, -0.25) is 9.69 Å². The van der Waals surface area contributed by atoms with Crippen molar-refractivity contribution in [2.24, 2.45) is 5.92 Å². The predicted octanol–water partition coefficient (Wildman–Crippen LogP) is 3.18. The van der Waals surface area contributed by atoms with Crippen LogP contribution in [0.1, 0.15) is 38.5 Å². The average Bonchev–Trinajstić information content (AvgIpc) is 2.62. The van der Waals surface area contributed by atoms with Gasteiger partial charge in [0.1, 0.15) is 12.4 Å². The summed E-state index contributed by atoms with van der Waals surface area (Å²) < 4.78 is 5.72. The fraction of sp³-hybridized carbons (Fsp3) is 0.650. The van der Waals surface area contributed by atoms with Crippen LogP contribution in [0.25, 0.3) is 0 Å². The van der Waals surface area contributed by atoms with Gasteiger partial charge in [-0.2, -0.15) is 0 Å². The number of nitrogens with zero attached hydrogens (tertiary/aromatic N) is 2. The van der Waals surface area contributed by atoms with Gasteiger partial charge in [-0.25, -0.2) is 0 Å². The van der Waals surface area contributed by atoms with Gasteiger partial charge in [0.25, 0.3) is 0 Å². The van der Waals surface area contributed by atoms with Crippen molar-refractivity contribution >= 4 is 5.91 Å². The van der Waals surface area contributed by atoms with E-state index in [2.05, 4.69) is 9.80 Å². The Morgan fingerprint density at radius 3 is 2.75 bits per heavy atom. The molecule has 24 heavy (non-hydrogen) atoms. The molecule has 1 saturated heterocycles. The molecule has 132 valence electrons. The molecule has 1 aliphatic carbocycles. The van der Waals surface area contributed by atoms with Crippen LogP contribution in [0.2, 0.25) is 0 Å². The number of likely N-dealkylation sites (N-methyl/N-ethyl adjacent to an activating group) is 1. The number of rotatable bonds is 6. The van der Waals surface area contributed by atoms with Gasteiger partial charge in [-0.15, -0.1) is 0 Å². The number of hydrogen-bond donors (Lipinski definition) is 0. The van der Waals surface area contributed by atoms with Crippen molar-refractivity contribution in [3.05, 3.63) is 30.3 Å². The van der Waals surface area contributed by atoms with E-state index >= 15 is 0 Å². The zero-order chi connectivity index (χ0) is 16.8. The lowest BCUT2D eigenvalue weighted by Crippen LogP contribution is -2.52. The Morgan fingerprint density at radius 2 is 1.92 bits per heavy atom. The fourth-order valence-corrected chi connectivity index (χ4v) is 4.17. The molecule has 0 N–H and O–H groups in total. The Hall–Kier alpha value is -1.55. The Balaban J connectivity index is 1.43. The number of ether oxygens (including phenoxy) is 1. The third kappa shape index (κ3) is 4.50. The van der Waals surface area contributed by atoms with Crippen molar-refractivity contribution in [3.8, 4) is 5.75 Å². The Kier molecular flexibility index (Phi) is 6.13. The summed E-state index contributed by atoms with van der Waals surface area (Å²) in [4.78, 5) is 17.0. The molecule has 2 fully saturated rings. The number of carbonyl (C=O) groups excluding carboxylic acids is 1. The van der Waals surface area contributed by atoms with Crippen LogP contribution in [0.3, 0.4) is 0 Å². The molecule has 0 spiro atoms. The topological polar surface area (TPSA) is 32.8 Å². The van der Waals surface area contributed by atoms with Crippen LogP contribution in [-0.4, -0.2) is 55.0 Å². The van der Waals surface area contributed by atoms with E-state index in [1.165, 1.54) is 38.5 Å². The molecule has 1 heterocycles. The number of carbonyl (C=O) groups is 1. The molecular formula is C20H30N2O2. The molecule has 2 aliphatic rings. The molecule has 4 heteroatoms. The quantitative estimate of drug-likeness (QED) is 0.803. The first-order chi connectivity index (χ1) is 11.7. The highest BCUT2D eigenvalue weighted by Gasteiger charge is 2.35. The number of likely N-dealkylation sites (tertiary alicyclic amines) is 1. The molecule has 4 nitrogen and oxygen atoms in total. The SMILES string of the molecule is CN(CCOc1ccccc1)CC(=O)N1CCCC2CCCCC21. The minimum absolute atomic E-state index is 0.300. The Morgan fingerprint density at radius 1 is 1.17 bits per heavy atom. The van der Waals surface area contributed by atoms with Crippen molar-refractivity contribution in [2.75, 3.05) is 33.3 Å². The van der Waals surface area contributed by atoms with Crippen LogP contribution in [0, 0.1) is 5.92 Å². The molecule has 1 saturated carbocycles. The van der Waals surface area contributed by atoms with E-state index in [9.17, 15) is 4.79 Å². The van der Waals surface area contributed by atoms with Gasteiger partial charge in [-0.1, -0.05) is 31.0 Å². The summed E-state index contributed by atoms with van der Waals surface area (Å²) in [7, 11) is 2.01. The minimum atomic E-state index is 0.300. The lowest BCUT2D eigenvalue weighted by molar-refractivity contribution is -0.138. The van der Waals surface area contributed by atoms with Gasteiger partial charge in [0, 0.05) is 19.1 Å². The monoisotopic (exact) mass is 330 g/mol. The number of piperidine rings is 1. The van der Waals surface area contributed by atoms with E-state index in [1.807, 2.05) is 37.4 Å². The van der Waals surface area contributed by atoms with E-state index in [1.54, 1.807) is 0 Å². The third-order valence-electron chi connectivity index (χ3n) is 5.45. The second-order valence-electron chi connectivity index (χ2n) is 7.24. The van der Waals surface area contributed by atoms with Crippen LogP contribution in [-0.2, 0) is 4.79 Å². The van der Waals surface area contributed by atoms with E-state index < -0.39 is 0 Å². The normalized spacial score (nSPS) is 23.8. The van der Waals surface area contributed by atoms with Crippen molar-refractivity contribution in [1.82, 2.24) is 9.80 Å². The maximum absolute atomic E-state index is 12.7. The molecule has 1 amide bonds. The second-order valence-corrected chi connectivity index (χ2v) is 7.24. The predicted molar refractivity (Wildman–Crippen MR) is 96.1 cm³/mol. The molecule has 0 aromatic heterocycles. The van der Waals surface area contributed by atoms with Crippen LogP contribution in [0.15, 0.2) is 30.3 Å². The lowest BCUT2D eigenvalue weighted by Gasteiger charge is -2.44. The molecule has 1 aliphatic heterocycles. The van der Waals surface area contributed by atoms with Crippen LogP contribution < -0.4 is 4.74 Å². The van der Waals surface area contributed by atoms with Crippen LogP contribution >= 0.6 is 0 Å². The highest BCUT2D eigenvalue weighted by molar-refractivity contribution is 5.78. The maximum atomic E-state index is 12.7. The van der Waals surface area contributed by atoms with E-state index in [0.29, 0.717) is 25.1 Å². The largest absolute Gasteiger partial charge is 0.492 e. The second kappa shape index (κ2) is 8.52. The summed E-state index contributed by atoms with van der Waals surface area (Å²) in [6.07, 6.45) is 7.64. The van der Waals surface area contributed by atoms with Gasteiger partial charge in [0.15, 0.2) is 0 Å². The van der Waals surface area contributed by atoms with Crippen molar-refractivity contribution in [1.29, 1.82) is 0 Å². The lowest BCUT2D eigenvalue weighted by atomic mass is 9.78. The third-order valence-corrected chi connectivity index (χ3v) is 5.45. The fourth-order valence-electron chi connectivity index (χ4n) is 4.17. The summed E-state index contributed by atoms with van der Waals surface area (Å²) >= 11 is 0. The first-order valence-electron chi connectivity index (χ1n) is 9.40. The first-order valence-corrected chi connectivity index (χ1v) is 9.40. The summed E-state index contributed by atoms with van der Waals surface area (Å²) in [6, 6.07) is 10.4. The van der Waals surface area contributed by atoms with Gasteiger partial charge < -0.3 is 9.64 Å². The number of para-hydroxylation sites is 1. The molecule has 1 aromatic carbocycles. The number of benzene rings is 1. The van der Waals surface area contributed by atoms with E-state index in [0.717, 1.165) is 24.8 Å². The minimum Gasteiger partial charge on any atom is -0.492 e. The summed E-state index contributed by atoms with van der Waals surface area (Å²) in [6.45, 7) is 2.83.